The van der Waals surface area contributed by atoms with E-state index in [-0.39, 0.29) is 18.2 Å². The van der Waals surface area contributed by atoms with Gasteiger partial charge in [0.05, 0.1) is 18.1 Å². The molecule has 0 atom stereocenters. The highest BCUT2D eigenvalue weighted by molar-refractivity contribution is 7.89. The fraction of sp³-hybridized carbons (Fsp3) is 0.538. The van der Waals surface area contributed by atoms with Crippen molar-refractivity contribution in [1.82, 2.24) is 4.31 Å². The summed E-state index contributed by atoms with van der Waals surface area (Å²) in [5.74, 6) is -0.744. The average Bonchev–Trinajstić information content (AvgIpc) is 2.43. The fourth-order valence-electron chi connectivity index (χ4n) is 1.98. The minimum absolute atomic E-state index is 0.293. The smallest absolute Gasteiger partial charge is 0.402 e. The summed E-state index contributed by atoms with van der Waals surface area (Å²) in [6, 6.07) is 2.63. The molecule has 0 aliphatic rings. The molecule has 0 spiro atoms. The van der Waals surface area contributed by atoms with Gasteiger partial charge in [0.1, 0.15) is 17.2 Å². The standard InChI is InChI=1S/C13H17F3N2O5S/c1-9(2)7-17(8-13(14,15)16)24(21,22)12-5-4-10(18(19)20)6-11(12)23-3/h4-6,9H,7-8H2,1-3H3. The van der Waals surface area contributed by atoms with Crippen LogP contribution in [0.1, 0.15) is 13.8 Å². The molecule has 0 aliphatic heterocycles. The van der Waals surface area contributed by atoms with Crippen LogP contribution in [-0.4, -0.2) is 44.0 Å². The summed E-state index contributed by atoms with van der Waals surface area (Å²) < 4.78 is 68.5. The third-order valence-electron chi connectivity index (χ3n) is 2.90. The van der Waals surface area contributed by atoms with Crippen molar-refractivity contribution in [3.63, 3.8) is 0 Å². The molecule has 11 heteroatoms. The number of sulfonamides is 1. The van der Waals surface area contributed by atoms with E-state index in [1.54, 1.807) is 13.8 Å². The van der Waals surface area contributed by atoms with Gasteiger partial charge in [0.2, 0.25) is 10.0 Å². The number of benzene rings is 1. The second-order valence-electron chi connectivity index (χ2n) is 5.40. The summed E-state index contributed by atoms with van der Waals surface area (Å²) in [4.78, 5) is 9.42. The van der Waals surface area contributed by atoms with Crippen LogP contribution in [0.2, 0.25) is 0 Å². The number of nitrogens with zero attached hydrogens (tertiary/aromatic N) is 2. The summed E-state index contributed by atoms with van der Waals surface area (Å²) in [5.41, 5.74) is -0.433. The number of halogens is 3. The highest BCUT2D eigenvalue weighted by Gasteiger charge is 2.38. The van der Waals surface area contributed by atoms with E-state index >= 15 is 0 Å². The van der Waals surface area contributed by atoms with Crippen LogP contribution in [0.4, 0.5) is 18.9 Å². The number of nitro groups is 1. The lowest BCUT2D eigenvalue weighted by atomic mass is 10.2. The van der Waals surface area contributed by atoms with Crippen LogP contribution in [0, 0.1) is 16.0 Å². The molecule has 1 aromatic carbocycles. The van der Waals surface area contributed by atoms with Gasteiger partial charge < -0.3 is 4.74 Å². The molecule has 0 heterocycles. The molecule has 0 aliphatic carbocycles. The number of non-ortho nitro benzene ring substituents is 1. The number of rotatable bonds is 7. The van der Waals surface area contributed by atoms with Gasteiger partial charge >= 0.3 is 6.18 Å². The zero-order valence-corrected chi connectivity index (χ0v) is 14.0. The van der Waals surface area contributed by atoms with Crippen molar-refractivity contribution in [3.8, 4) is 5.75 Å². The van der Waals surface area contributed by atoms with Gasteiger partial charge in [-0.1, -0.05) is 13.8 Å². The van der Waals surface area contributed by atoms with Crippen molar-refractivity contribution in [3.05, 3.63) is 28.3 Å². The Hall–Kier alpha value is -1.88. The normalized spacial score (nSPS) is 12.7. The largest absolute Gasteiger partial charge is 0.495 e. The van der Waals surface area contributed by atoms with Crippen molar-refractivity contribution < 1.29 is 31.2 Å². The Labute approximate surface area is 137 Å². The number of hydrogen-bond donors (Lipinski definition) is 0. The molecule has 0 radical (unpaired) electrons. The van der Waals surface area contributed by atoms with Gasteiger partial charge in [0.25, 0.3) is 5.69 Å². The predicted octanol–water partition coefficient (Wildman–Crippen LogP) is 2.81. The van der Waals surface area contributed by atoms with Gasteiger partial charge in [-0.05, 0) is 12.0 Å². The first-order valence-electron chi connectivity index (χ1n) is 6.78. The van der Waals surface area contributed by atoms with E-state index in [2.05, 4.69) is 0 Å². The molecule has 1 aromatic rings. The third-order valence-corrected chi connectivity index (χ3v) is 4.75. The minimum Gasteiger partial charge on any atom is -0.495 e. The molecular formula is C13H17F3N2O5S. The Bertz CT molecular complexity index is 704. The minimum atomic E-state index is -4.73. The monoisotopic (exact) mass is 370 g/mol. The molecule has 0 N–H and O–H groups in total. The van der Waals surface area contributed by atoms with Crippen molar-refractivity contribution in [2.45, 2.75) is 24.9 Å². The molecule has 0 aromatic heterocycles. The molecule has 0 fully saturated rings. The summed E-state index contributed by atoms with van der Waals surface area (Å²) >= 11 is 0. The maximum absolute atomic E-state index is 12.7. The molecule has 24 heavy (non-hydrogen) atoms. The quantitative estimate of drug-likeness (QED) is 0.544. The topological polar surface area (TPSA) is 89.7 Å². The van der Waals surface area contributed by atoms with Crippen LogP contribution >= 0.6 is 0 Å². The van der Waals surface area contributed by atoms with Crippen LogP contribution in [0.15, 0.2) is 23.1 Å². The van der Waals surface area contributed by atoms with Crippen LogP contribution in [-0.2, 0) is 10.0 Å². The van der Waals surface area contributed by atoms with E-state index < -0.39 is 38.3 Å². The van der Waals surface area contributed by atoms with Gasteiger partial charge in [0, 0.05) is 12.6 Å². The third kappa shape index (κ3) is 5.06. The van der Waals surface area contributed by atoms with Crippen LogP contribution in [0.3, 0.4) is 0 Å². The highest BCUT2D eigenvalue weighted by atomic mass is 32.2. The first kappa shape index (κ1) is 20.2. The second-order valence-corrected chi connectivity index (χ2v) is 7.31. The van der Waals surface area contributed by atoms with Gasteiger partial charge in [-0.3, -0.25) is 10.1 Å². The molecule has 0 unspecified atom stereocenters. The highest BCUT2D eigenvalue weighted by Crippen LogP contribution is 2.32. The fourth-order valence-corrected chi connectivity index (χ4v) is 3.70. The van der Waals surface area contributed by atoms with E-state index in [4.69, 9.17) is 4.74 Å². The van der Waals surface area contributed by atoms with E-state index in [9.17, 15) is 31.7 Å². The Morgan fingerprint density at radius 2 is 1.92 bits per heavy atom. The number of methoxy groups -OCH3 is 1. The summed E-state index contributed by atoms with van der Waals surface area (Å²) in [6.07, 6.45) is -4.73. The van der Waals surface area contributed by atoms with E-state index in [1.807, 2.05) is 0 Å². The molecular weight excluding hydrogens is 353 g/mol. The zero-order valence-electron chi connectivity index (χ0n) is 13.2. The summed E-state index contributed by atoms with van der Waals surface area (Å²) in [7, 11) is -3.47. The van der Waals surface area contributed by atoms with Crippen molar-refractivity contribution >= 4 is 15.7 Å². The van der Waals surface area contributed by atoms with E-state index in [0.29, 0.717) is 4.31 Å². The van der Waals surface area contributed by atoms with Crippen molar-refractivity contribution in [2.75, 3.05) is 20.2 Å². The Morgan fingerprint density at radius 1 is 1.33 bits per heavy atom. The SMILES string of the molecule is COc1cc([N+](=O)[O-])ccc1S(=O)(=O)N(CC(C)C)CC(F)(F)F. The maximum atomic E-state index is 12.7. The Morgan fingerprint density at radius 3 is 2.33 bits per heavy atom. The molecule has 1 rings (SSSR count). The number of ether oxygens (including phenoxy) is 1. The van der Waals surface area contributed by atoms with Gasteiger partial charge in [-0.15, -0.1) is 0 Å². The number of nitro benzene ring substituents is 1. The molecule has 136 valence electrons. The van der Waals surface area contributed by atoms with E-state index in [0.717, 1.165) is 25.3 Å². The first-order valence-corrected chi connectivity index (χ1v) is 8.22. The lowest BCUT2D eigenvalue weighted by Gasteiger charge is -2.25. The van der Waals surface area contributed by atoms with Crippen molar-refractivity contribution in [1.29, 1.82) is 0 Å². The van der Waals surface area contributed by atoms with E-state index in [1.165, 1.54) is 0 Å². The molecule has 0 bridgehead atoms. The second kappa shape index (κ2) is 7.34. The number of hydrogen-bond acceptors (Lipinski definition) is 5. The first-order chi connectivity index (χ1) is 10.9. The average molecular weight is 370 g/mol. The van der Waals surface area contributed by atoms with Crippen LogP contribution in [0.25, 0.3) is 0 Å². The maximum Gasteiger partial charge on any atom is 0.402 e. The lowest BCUT2D eigenvalue weighted by Crippen LogP contribution is -2.41. The lowest BCUT2D eigenvalue weighted by molar-refractivity contribution is -0.385. The number of alkyl halides is 3. The Balaban J connectivity index is 3.40. The van der Waals surface area contributed by atoms with Gasteiger partial charge in [-0.2, -0.15) is 17.5 Å². The summed E-state index contributed by atoms with van der Waals surface area (Å²) in [6.45, 7) is 1.13. The van der Waals surface area contributed by atoms with Crippen molar-refractivity contribution in [2.24, 2.45) is 5.92 Å². The summed E-state index contributed by atoms with van der Waals surface area (Å²) in [5, 5.41) is 10.7. The van der Waals surface area contributed by atoms with Gasteiger partial charge in [0.15, 0.2) is 0 Å². The Kier molecular flexibility index (Phi) is 6.17. The molecule has 0 saturated carbocycles. The predicted molar refractivity (Wildman–Crippen MR) is 79.3 cm³/mol. The van der Waals surface area contributed by atoms with Crippen LogP contribution in [0.5, 0.6) is 5.75 Å². The zero-order chi connectivity index (χ0) is 18.7. The molecule has 0 amide bonds. The van der Waals surface area contributed by atoms with Gasteiger partial charge in [-0.25, -0.2) is 8.42 Å². The molecule has 7 nitrogen and oxygen atoms in total. The molecule has 0 saturated heterocycles. The van der Waals surface area contributed by atoms with Crippen LogP contribution < -0.4 is 4.74 Å².